The van der Waals surface area contributed by atoms with Crippen LogP contribution >= 0.6 is 11.6 Å². The normalized spacial score (nSPS) is 23.8. The second-order valence-corrected chi connectivity index (χ2v) is 11.0. The van der Waals surface area contributed by atoms with Crippen molar-refractivity contribution in [2.45, 2.75) is 56.8 Å². The van der Waals surface area contributed by atoms with Crippen molar-refractivity contribution in [1.29, 1.82) is 0 Å². The maximum absolute atomic E-state index is 13.3. The lowest BCUT2D eigenvalue weighted by atomic mass is 9.72. The molecular formula is C29H40ClN3O4. The van der Waals surface area contributed by atoms with Crippen LogP contribution in [0.3, 0.4) is 0 Å². The SMILES string of the molecule is COCCCCC(O)(c1cccc(Cl)c1-c1cccc(C)c1)C1CCCN(C(=O)N2CC(N)C(O)C2)C1. The van der Waals surface area contributed by atoms with Crippen LogP contribution in [0.1, 0.15) is 43.2 Å². The van der Waals surface area contributed by atoms with Gasteiger partial charge in [0.2, 0.25) is 0 Å². The average Bonchev–Trinajstić information content (AvgIpc) is 3.23. The van der Waals surface area contributed by atoms with Gasteiger partial charge in [-0.25, -0.2) is 4.79 Å². The van der Waals surface area contributed by atoms with Gasteiger partial charge in [-0.1, -0.05) is 53.6 Å². The molecule has 2 saturated heterocycles. The molecule has 37 heavy (non-hydrogen) atoms. The van der Waals surface area contributed by atoms with Gasteiger partial charge in [0, 0.05) is 62.4 Å². The van der Waals surface area contributed by atoms with Crippen LogP contribution in [0.2, 0.25) is 5.02 Å². The topological polar surface area (TPSA) is 99.3 Å². The Morgan fingerprint density at radius 1 is 1.16 bits per heavy atom. The van der Waals surface area contributed by atoms with E-state index in [-0.39, 0.29) is 18.5 Å². The number of nitrogens with zero attached hydrogens (tertiary/aromatic N) is 2. The summed E-state index contributed by atoms with van der Waals surface area (Å²) in [7, 11) is 1.69. The minimum absolute atomic E-state index is 0.122. The summed E-state index contributed by atoms with van der Waals surface area (Å²) in [4.78, 5) is 16.8. The summed E-state index contributed by atoms with van der Waals surface area (Å²) in [6.45, 7) is 4.31. The van der Waals surface area contributed by atoms with Crippen LogP contribution in [0.25, 0.3) is 11.1 Å². The number of aliphatic hydroxyl groups is 2. The number of hydrogen-bond acceptors (Lipinski definition) is 5. The first-order valence-electron chi connectivity index (χ1n) is 13.3. The molecule has 4 rings (SSSR count). The highest BCUT2D eigenvalue weighted by molar-refractivity contribution is 6.33. The largest absolute Gasteiger partial charge is 0.390 e. The third kappa shape index (κ3) is 6.13. The lowest BCUT2D eigenvalue weighted by Crippen LogP contribution is -2.52. The van der Waals surface area contributed by atoms with Crippen LogP contribution in [0.15, 0.2) is 42.5 Å². The number of aliphatic hydroxyl groups excluding tert-OH is 1. The van der Waals surface area contributed by atoms with Gasteiger partial charge in [0.25, 0.3) is 0 Å². The summed E-state index contributed by atoms with van der Waals surface area (Å²) >= 11 is 6.80. The number of carbonyl (C=O) groups is 1. The van der Waals surface area contributed by atoms with E-state index in [1.807, 2.05) is 48.2 Å². The number of hydrogen-bond donors (Lipinski definition) is 3. The summed E-state index contributed by atoms with van der Waals surface area (Å²) < 4.78 is 5.26. The Balaban J connectivity index is 1.68. The zero-order chi connectivity index (χ0) is 26.6. The van der Waals surface area contributed by atoms with E-state index < -0.39 is 17.7 Å². The predicted octanol–water partition coefficient (Wildman–Crippen LogP) is 4.16. The molecule has 2 aromatic carbocycles. The van der Waals surface area contributed by atoms with Gasteiger partial charge in [-0.3, -0.25) is 0 Å². The second kappa shape index (κ2) is 12.1. The highest BCUT2D eigenvalue weighted by atomic mass is 35.5. The molecule has 2 aliphatic rings. The van der Waals surface area contributed by atoms with E-state index in [0.717, 1.165) is 47.9 Å². The maximum Gasteiger partial charge on any atom is 0.320 e. The zero-order valence-electron chi connectivity index (χ0n) is 21.9. The van der Waals surface area contributed by atoms with Crippen molar-refractivity contribution in [1.82, 2.24) is 9.80 Å². The Hall–Kier alpha value is -2.16. The van der Waals surface area contributed by atoms with E-state index in [9.17, 15) is 15.0 Å². The van der Waals surface area contributed by atoms with Gasteiger partial charge < -0.3 is 30.5 Å². The highest BCUT2D eigenvalue weighted by Crippen LogP contribution is 2.46. The number of aryl methyl sites for hydroxylation is 1. The van der Waals surface area contributed by atoms with Crippen molar-refractivity contribution in [3.05, 3.63) is 58.6 Å². The number of halogens is 1. The molecule has 2 amide bonds. The number of methoxy groups -OCH3 is 1. The van der Waals surface area contributed by atoms with Crippen LogP contribution in [0.4, 0.5) is 4.79 Å². The Morgan fingerprint density at radius 3 is 2.65 bits per heavy atom. The second-order valence-electron chi connectivity index (χ2n) is 10.6. The molecule has 4 atom stereocenters. The minimum Gasteiger partial charge on any atom is -0.390 e. The molecule has 0 radical (unpaired) electrons. The molecule has 202 valence electrons. The van der Waals surface area contributed by atoms with Crippen molar-refractivity contribution in [2.75, 3.05) is 39.9 Å². The van der Waals surface area contributed by atoms with Crippen LogP contribution < -0.4 is 5.73 Å². The Labute approximate surface area is 225 Å². The van der Waals surface area contributed by atoms with E-state index >= 15 is 0 Å². The van der Waals surface area contributed by atoms with Crippen LogP contribution in [0.5, 0.6) is 0 Å². The third-order valence-electron chi connectivity index (χ3n) is 7.91. The molecule has 7 nitrogen and oxygen atoms in total. The monoisotopic (exact) mass is 529 g/mol. The van der Waals surface area contributed by atoms with Gasteiger partial charge in [-0.05, 0) is 56.2 Å². The van der Waals surface area contributed by atoms with Gasteiger partial charge in [0.15, 0.2) is 0 Å². The van der Waals surface area contributed by atoms with Crippen LogP contribution in [0, 0.1) is 12.8 Å². The molecule has 0 bridgehead atoms. The third-order valence-corrected chi connectivity index (χ3v) is 8.23. The summed E-state index contributed by atoms with van der Waals surface area (Å²) in [5, 5.41) is 23.3. The van der Waals surface area contributed by atoms with Gasteiger partial charge >= 0.3 is 6.03 Å². The molecule has 2 aromatic rings. The molecule has 2 fully saturated rings. The highest BCUT2D eigenvalue weighted by Gasteiger charge is 2.44. The first kappa shape index (κ1) is 27.9. The lowest BCUT2D eigenvalue weighted by Gasteiger charge is -2.44. The number of rotatable bonds is 8. The molecule has 2 aliphatic heterocycles. The van der Waals surface area contributed by atoms with E-state index in [1.54, 1.807) is 12.0 Å². The number of likely N-dealkylation sites (tertiary alicyclic amines) is 2. The number of nitrogens with two attached hydrogens (primary N) is 1. The van der Waals surface area contributed by atoms with E-state index in [4.69, 9.17) is 22.1 Å². The average molecular weight is 530 g/mol. The molecule has 8 heteroatoms. The standard InChI is InChI=1S/C29H40ClN3O4/c1-20-8-5-9-21(16-20)27-23(11-6-12-24(27)30)29(36,13-3-4-15-37-2)22-10-7-14-32(17-22)28(35)33-18-25(31)26(34)19-33/h5-6,8-9,11-12,16,22,25-26,34,36H,3-4,7,10,13-15,17-19,31H2,1-2H3. The summed E-state index contributed by atoms with van der Waals surface area (Å²) in [5.74, 6) is -0.170. The number of amides is 2. The summed E-state index contributed by atoms with van der Waals surface area (Å²) in [6, 6.07) is 13.4. The number of urea groups is 1. The van der Waals surface area contributed by atoms with Crippen molar-refractivity contribution in [3.63, 3.8) is 0 Å². The van der Waals surface area contributed by atoms with Gasteiger partial charge in [-0.2, -0.15) is 0 Å². The number of unbranched alkanes of at least 4 members (excludes halogenated alkanes) is 1. The maximum atomic E-state index is 13.3. The van der Waals surface area contributed by atoms with Crippen LogP contribution in [-0.2, 0) is 10.3 Å². The fourth-order valence-corrected chi connectivity index (χ4v) is 6.17. The smallest absolute Gasteiger partial charge is 0.320 e. The van der Waals surface area contributed by atoms with Gasteiger partial charge in [0.05, 0.1) is 11.7 Å². The quantitative estimate of drug-likeness (QED) is 0.446. The fraction of sp³-hybridized carbons (Fsp3) is 0.552. The Kier molecular flexibility index (Phi) is 9.14. The molecule has 4 N–H and O–H groups in total. The lowest BCUT2D eigenvalue weighted by molar-refractivity contribution is -0.0571. The first-order valence-corrected chi connectivity index (χ1v) is 13.7. The van der Waals surface area contributed by atoms with Crippen LogP contribution in [-0.4, -0.2) is 78.1 Å². The number of benzene rings is 2. The molecule has 0 saturated carbocycles. The first-order chi connectivity index (χ1) is 17.7. The predicted molar refractivity (Wildman–Crippen MR) is 146 cm³/mol. The molecular weight excluding hydrogens is 490 g/mol. The minimum atomic E-state index is -1.18. The number of β-amino-alcohol motifs (C(OH)–C–C–N with tert-alkyl or cyclic N) is 1. The molecule has 0 aliphatic carbocycles. The summed E-state index contributed by atoms with van der Waals surface area (Å²) in [5.41, 5.74) is 8.52. The van der Waals surface area contributed by atoms with Crippen molar-refractivity contribution >= 4 is 17.6 Å². The fourth-order valence-electron chi connectivity index (χ4n) is 5.89. The Bertz CT molecular complexity index is 1070. The van der Waals surface area contributed by atoms with Crippen molar-refractivity contribution in [3.8, 4) is 11.1 Å². The van der Waals surface area contributed by atoms with Gasteiger partial charge in [0.1, 0.15) is 0 Å². The van der Waals surface area contributed by atoms with E-state index in [1.165, 1.54) is 0 Å². The number of piperidine rings is 1. The number of ether oxygens (including phenoxy) is 1. The Morgan fingerprint density at radius 2 is 1.95 bits per heavy atom. The molecule has 0 spiro atoms. The van der Waals surface area contributed by atoms with E-state index in [0.29, 0.717) is 37.7 Å². The van der Waals surface area contributed by atoms with Gasteiger partial charge in [-0.15, -0.1) is 0 Å². The van der Waals surface area contributed by atoms with Crippen molar-refractivity contribution < 1.29 is 19.7 Å². The molecule has 0 aromatic heterocycles. The zero-order valence-corrected chi connectivity index (χ0v) is 22.7. The van der Waals surface area contributed by atoms with Crippen molar-refractivity contribution in [2.24, 2.45) is 11.7 Å². The molecule has 4 unspecified atom stereocenters. The molecule has 2 heterocycles. The number of carbonyl (C=O) groups excluding carboxylic acids is 1. The van der Waals surface area contributed by atoms with E-state index in [2.05, 4.69) is 6.07 Å². The summed E-state index contributed by atoms with van der Waals surface area (Å²) in [6.07, 6.45) is 3.03.